The minimum absolute atomic E-state index is 0.224. The van der Waals surface area contributed by atoms with Gasteiger partial charge in [-0.2, -0.15) is 0 Å². The number of aryl methyl sites for hydroxylation is 2. The average molecular weight is 324 g/mol. The second-order valence-electron chi connectivity index (χ2n) is 5.80. The van der Waals surface area contributed by atoms with Crippen LogP contribution in [-0.2, 0) is 6.54 Å². The van der Waals surface area contributed by atoms with Gasteiger partial charge >= 0.3 is 11.1 Å². The van der Waals surface area contributed by atoms with Gasteiger partial charge in [-0.1, -0.05) is 18.2 Å². The van der Waals surface area contributed by atoms with Crippen molar-refractivity contribution in [1.82, 2.24) is 9.13 Å². The van der Waals surface area contributed by atoms with E-state index in [9.17, 15) is 14.0 Å². The topological polar surface area (TPSA) is 44.0 Å². The van der Waals surface area contributed by atoms with Crippen molar-refractivity contribution in [3.05, 3.63) is 98.1 Å². The van der Waals surface area contributed by atoms with Gasteiger partial charge in [0, 0.05) is 18.1 Å². The van der Waals surface area contributed by atoms with Crippen molar-refractivity contribution in [3.8, 4) is 5.69 Å². The Balaban J connectivity index is 2.00. The minimum atomic E-state index is -0.611. The van der Waals surface area contributed by atoms with E-state index in [4.69, 9.17) is 0 Å². The van der Waals surface area contributed by atoms with E-state index >= 15 is 0 Å². The molecule has 0 aliphatic rings. The van der Waals surface area contributed by atoms with Gasteiger partial charge in [-0.05, 0) is 54.8 Å². The van der Waals surface area contributed by atoms with Gasteiger partial charge in [0.25, 0.3) is 0 Å². The van der Waals surface area contributed by atoms with Crippen molar-refractivity contribution in [2.75, 3.05) is 0 Å². The van der Waals surface area contributed by atoms with E-state index in [1.165, 1.54) is 21.3 Å². The largest absolute Gasteiger partial charge is 0.320 e. The maximum Gasteiger partial charge on any atom is 0.320 e. The van der Waals surface area contributed by atoms with Gasteiger partial charge in [-0.15, -0.1) is 0 Å². The average Bonchev–Trinajstić information content (AvgIpc) is 2.57. The lowest BCUT2D eigenvalue weighted by Gasteiger charge is -2.10. The molecule has 0 amide bonds. The van der Waals surface area contributed by atoms with Crippen molar-refractivity contribution in [3.63, 3.8) is 0 Å². The molecule has 0 bridgehead atoms. The first-order valence-electron chi connectivity index (χ1n) is 7.60. The van der Waals surface area contributed by atoms with Gasteiger partial charge in [-0.3, -0.25) is 14.2 Å². The maximum absolute atomic E-state index is 12.9. The van der Waals surface area contributed by atoms with Gasteiger partial charge in [0.15, 0.2) is 0 Å². The summed E-state index contributed by atoms with van der Waals surface area (Å²) in [5.41, 5.74) is 2.37. The molecule has 5 heteroatoms. The predicted molar refractivity (Wildman–Crippen MR) is 91.3 cm³/mol. The van der Waals surface area contributed by atoms with Crippen molar-refractivity contribution >= 4 is 0 Å². The molecular formula is C19H17FN2O2. The molecule has 0 aliphatic carbocycles. The Morgan fingerprint density at radius 3 is 2.25 bits per heavy atom. The van der Waals surface area contributed by atoms with Crippen molar-refractivity contribution < 1.29 is 4.39 Å². The Morgan fingerprint density at radius 2 is 1.58 bits per heavy atom. The van der Waals surface area contributed by atoms with E-state index in [1.807, 2.05) is 32.0 Å². The summed E-state index contributed by atoms with van der Waals surface area (Å²) in [6.45, 7) is 4.17. The molecule has 4 nitrogen and oxygen atoms in total. The van der Waals surface area contributed by atoms with Gasteiger partial charge < -0.3 is 4.57 Å². The fraction of sp³-hybridized carbons (Fsp3) is 0.158. The van der Waals surface area contributed by atoms with Crippen LogP contribution in [0.4, 0.5) is 4.39 Å². The molecule has 122 valence electrons. The summed E-state index contributed by atoms with van der Waals surface area (Å²) in [7, 11) is 0. The monoisotopic (exact) mass is 324 g/mol. The van der Waals surface area contributed by atoms with Crippen LogP contribution in [0.25, 0.3) is 5.69 Å². The number of aromatic nitrogens is 2. The van der Waals surface area contributed by atoms with Crippen LogP contribution in [0, 0.1) is 19.7 Å². The van der Waals surface area contributed by atoms with E-state index in [0.29, 0.717) is 5.69 Å². The number of halogens is 1. The highest BCUT2D eigenvalue weighted by molar-refractivity contribution is 5.39. The summed E-state index contributed by atoms with van der Waals surface area (Å²) in [4.78, 5) is 24.7. The molecule has 0 N–H and O–H groups in total. The fourth-order valence-electron chi connectivity index (χ4n) is 2.50. The maximum atomic E-state index is 12.9. The number of nitrogens with zero attached hydrogens (tertiary/aromatic N) is 2. The van der Waals surface area contributed by atoms with Crippen LogP contribution in [0.5, 0.6) is 0 Å². The molecule has 0 radical (unpaired) electrons. The highest BCUT2D eigenvalue weighted by Crippen LogP contribution is 2.12. The molecule has 0 fully saturated rings. The van der Waals surface area contributed by atoms with Gasteiger partial charge in [0.2, 0.25) is 0 Å². The van der Waals surface area contributed by atoms with Crippen LogP contribution < -0.4 is 11.1 Å². The highest BCUT2D eigenvalue weighted by atomic mass is 19.1. The van der Waals surface area contributed by atoms with Crippen molar-refractivity contribution in [2.24, 2.45) is 0 Å². The molecule has 2 aromatic carbocycles. The fourth-order valence-corrected chi connectivity index (χ4v) is 2.50. The Hall–Kier alpha value is -2.95. The molecule has 0 saturated heterocycles. The molecule has 0 spiro atoms. The molecule has 3 aromatic rings. The quantitative estimate of drug-likeness (QED) is 0.695. The van der Waals surface area contributed by atoms with E-state index < -0.39 is 11.1 Å². The third-order valence-corrected chi connectivity index (χ3v) is 4.09. The summed E-state index contributed by atoms with van der Waals surface area (Å²) in [6.07, 6.45) is 3.15. The van der Waals surface area contributed by atoms with Crippen LogP contribution >= 0.6 is 0 Å². The van der Waals surface area contributed by atoms with Crippen LogP contribution in [0.2, 0.25) is 0 Å². The van der Waals surface area contributed by atoms with Crippen LogP contribution in [0.15, 0.2) is 64.4 Å². The van der Waals surface area contributed by atoms with Crippen LogP contribution in [-0.4, -0.2) is 9.13 Å². The zero-order valence-corrected chi connectivity index (χ0v) is 13.5. The first-order chi connectivity index (χ1) is 11.5. The summed E-state index contributed by atoms with van der Waals surface area (Å²) < 4.78 is 15.6. The Bertz CT molecular complexity index is 1000. The van der Waals surface area contributed by atoms with E-state index in [-0.39, 0.29) is 12.4 Å². The third-order valence-electron chi connectivity index (χ3n) is 4.09. The van der Waals surface area contributed by atoms with Crippen LogP contribution in [0.1, 0.15) is 16.7 Å². The molecule has 1 heterocycles. The summed E-state index contributed by atoms with van der Waals surface area (Å²) in [5.74, 6) is -0.337. The standard InChI is InChI=1S/C19H17FN2O2/c1-13-3-8-17(11-14(13)2)22-10-9-21(18(23)19(22)24)12-15-4-6-16(20)7-5-15/h3-11H,12H2,1-2H3. The normalized spacial score (nSPS) is 10.8. The molecule has 24 heavy (non-hydrogen) atoms. The number of rotatable bonds is 3. The zero-order valence-electron chi connectivity index (χ0n) is 13.5. The second-order valence-corrected chi connectivity index (χ2v) is 5.80. The molecule has 0 aliphatic heterocycles. The van der Waals surface area contributed by atoms with Gasteiger partial charge in [-0.25, -0.2) is 4.39 Å². The Labute approximate surface area is 138 Å². The molecule has 0 unspecified atom stereocenters. The lowest BCUT2D eigenvalue weighted by atomic mass is 10.1. The highest BCUT2D eigenvalue weighted by Gasteiger charge is 2.08. The lowest BCUT2D eigenvalue weighted by molar-refractivity contribution is 0.625. The zero-order chi connectivity index (χ0) is 17.3. The number of hydrogen-bond donors (Lipinski definition) is 0. The summed E-state index contributed by atoms with van der Waals surface area (Å²) >= 11 is 0. The first kappa shape index (κ1) is 15.9. The molecule has 0 atom stereocenters. The van der Waals surface area contributed by atoms with E-state index in [0.717, 1.165) is 16.7 Å². The third kappa shape index (κ3) is 3.06. The van der Waals surface area contributed by atoms with Gasteiger partial charge in [0.1, 0.15) is 5.82 Å². The molecular weight excluding hydrogens is 307 g/mol. The Kier molecular flexibility index (Phi) is 4.16. The van der Waals surface area contributed by atoms with E-state index in [2.05, 4.69) is 0 Å². The predicted octanol–water partition coefficient (Wildman–Crippen LogP) is 2.80. The summed E-state index contributed by atoms with van der Waals surface area (Å²) in [6, 6.07) is 11.5. The van der Waals surface area contributed by atoms with Crippen molar-refractivity contribution in [2.45, 2.75) is 20.4 Å². The second kappa shape index (κ2) is 6.28. The minimum Gasteiger partial charge on any atom is -0.305 e. The smallest absolute Gasteiger partial charge is 0.305 e. The molecule has 0 saturated carbocycles. The molecule has 1 aromatic heterocycles. The van der Waals surface area contributed by atoms with Crippen LogP contribution in [0.3, 0.4) is 0 Å². The molecule has 3 rings (SSSR count). The Morgan fingerprint density at radius 1 is 0.875 bits per heavy atom. The van der Waals surface area contributed by atoms with E-state index in [1.54, 1.807) is 24.5 Å². The SMILES string of the molecule is Cc1ccc(-n2ccn(Cc3ccc(F)cc3)c(=O)c2=O)cc1C. The van der Waals surface area contributed by atoms with Gasteiger partial charge in [0.05, 0.1) is 6.54 Å². The number of benzene rings is 2. The number of hydrogen-bond acceptors (Lipinski definition) is 2. The van der Waals surface area contributed by atoms with Crippen molar-refractivity contribution in [1.29, 1.82) is 0 Å². The lowest BCUT2D eigenvalue weighted by Crippen LogP contribution is -2.40. The first-order valence-corrected chi connectivity index (χ1v) is 7.60. The summed E-state index contributed by atoms with van der Waals surface area (Å²) in [5, 5.41) is 0.